The largest absolute Gasteiger partial charge is 0.486 e. The van der Waals surface area contributed by atoms with Crippen molar-refractivity contribution in [2.75, 3.05) is 13.2 Å². The van der Waals surface area contributed by atoms with Gasteiger partial charge in [-0.05, 0) is 35.4 Å². The Morgan fingerprint density at radius 3 is 2.27 bits per heavy atom. The van der Waals surface area contributed by atoms with Crippen molar-refractivity contribution >= 4 is 6.03 Å². The fourth-order valence-corrected chi connectivity index (χ4v) is 2.48. The van der Waals surface area contributed by atoms with Gasteiger partial charge in [0.1, 0.15) is 13.2 Å². The first kappa shape index (κ1) is 17.9. The Bertz CT molecular complexity index is 793. The van der Waals surface area contributed by atoms with E-state index < -0.39 is 17.8 Å². The standard InChI is InChI=1S/C18H17F3N2O3/c19-18(20,21)14-3-1-2-12(8-14)10-22-17(24)23-11-13-4-5-15-16(9-13)26-7-6-25-15/h1-5,8-9H,6-7,10-11H2,(H2,22,23,24). The number of alkyl halides is 3. The molecule has 2 amide bonds. The van der Waals surface area contributed by atoms with Gasteiger partial charge in [0.05, 0.1) is 5.56 Å². The fourth-order valence-electron chi connectivity index (χ4n) is 2.48. The zero-order valence-corrected chi connectivity index (χ0v) is 13.7. The molecule has 1 aliphatic heterocycles. The molecule has 1 heterocycles. The van der Waals surface area contributed by atoms with Gasteiger partial charge in [0.2, 0.25) is 0 Å². The number of ether oxygens (including phenoxy) is 2. The van der Waals surface area contributed by atoms with E-state index in [0.29, 0.717) is 30.3 Å². The third kappa shape index (κ3) is 4.59. The molecule has 0 bridgehead atoms. The van der Waals surface area contributed by atoms with E-state index in [9.17, 15) is 18.0 Å². The van der Waals surface area contributed by atoms with Crippen LogP contribution >= 0.6 is 0 Å². The van der Waals surface area contributed by atoms with Gasteiger partial charge in [0.15, 0.2) is 11.5 Å². The van der Waals surface area contributed by atoms with Crippen molar-refractivity contribution in [3.8, 4) is 11.5 Å². The Morgan fingerprint density at radius 1 is 0.923 bits per heavy atom. The van der Waals surface area contributed by atoms with Crippen LogP contribution in [0.15, 0.2) is 42.5 Å². The molecule has 0 unspecified atom stereocenters. The first-order valence-electron chi connectivity index (χ1n) is 7.98. The molecule has 0 saturated heterocycles. The molecule has 2 aromatic rings. The number of urea groups is 1. The molecule has 0 fully saturated rings. The van der Waals surface area contributed by atoms with Gasteiger partial charge >= 0.3 is 12.2 Å². The second-order valence-corrected chi connectivity index (χ2v) is 5.71. The summed E-state index contributed by atoms with van der Waals surface area (Å²) in [5.74, 6) is 1.29. The molecule has 1 aliphatic rings. The second-order valence-electron chi connectivity index (χ2n) is 5.71. The van der Waals surface area contributed by atoms with Gasteiger partial charge in [0, 0.05) is 13.1 Å². The number of amides is 2. The lowest BCUT2D eigenvalue weighted by atomic mass is 10.1. The predicted molar refractivity (Wildman–Crippen MR) is 88.0 cm³/mol. The van der Waals surface area contributed by atoms with Crippen LogP contribution in [0, 0.1) is 0 Å². The number of fused-ring (bicyclic) bond motifs is 1. The van der Waals surface area contributed by atoms with Crippen LogP contribution in [0.1, 0.15) is 16.7 Å². The van der Waals surface area contributed by atoms with Crippen molar-refractivity contribution in [1.82, 2.24) is 10.6 Å². The molecule has 138 valence electrons. The Hall–Kier alpha value is -2.90. The first-order chi connectivity index (χ1) is 12.4. The number of halogens is 3. The second kappa shape index (κ2) is 7.55. The van der Waals surface area contributed by atoms with E-state index in [1.54, 1.807) is 18.2 Å². The van der Waals surface area contributed by atoms with Gasteiger partial charge in [-0.3, -0.25) is 0 Å². The Morgan fingerprint density at radius 2 is 1.58 bits per heavy atom. The highest BCUT2D eigenvalue weighted by Crippen LogP contribution is 2.31. The summed E-state index contributed by atoms with van der Waals surface area (Å²) in [5, 5.41) is 5.19. The van der Waals surface area contributed by atoms with E-state index in [-0.39, 0.29) is 13.1 Å². The van der Waals surface area contributed by atoms with Crippen LogP contribution in [0.25, 0.3) is 0 Å². The lowest BCUT2D eigenvalue weighted by Gasteiger charge is -2.19. The van der Waals surface area contributed by atoms with Gasteiger partial charge in [-0.2, -0.15) is 13.2 Å². The number of rotatable bonds is 4. The van der Waals surface area contributed by atoms with Gasteiger partial charge in [-0.15, -0.1) is 0 Å². The third-order valence-corrected chi connectivity index (χ3v) is 3.77. The van der Waals surface area contributed by atoms with E-state index in [1.165, 1.54) is 12.1 Å². The fraction of sp³-hybridized carbons (Fsp3) is 0.278. The van der Waals surface area contributed by atoms with Crippen LogP contribution in [0.2, 0.25) is 0 Å². The Labute approximate surface area is 148 Å². The number of hydrogen-bond acceptors (Lipinski definition) is 3. The lowest BCUT2D eigenvalue weighted by molar-refractivity contribution is -0.137. The van der Waals surface area contributed by atoms with Crippen LogP contribution in [0.3, 0.4) is 0 Å². The quantitative estimate of drug-likeness (QED) is 0.871. The van der Waals surface area contributed by atoms with E-state index in [0.717, 1.165) is 17.7 Å². The highest BCUT2D eigenvalue weighted by Gasteiger charge is 2.30. The number of nitrogens with one attached hydrogen (secondary N) is 2. The average molecular weight is 366 g/mol. The molecule has 2 N–H and O–H groups in total. The van der Waals surface area contributed by atoms with Crippen molar-refractivity contribution in [3.05, 3.63) is 59.2 Å². The number of carbonyl (C=O) groups excluding carboxylic acids is 1. The minimum atomic E-state index is -4.41. The highest BCUT2D eigenvalue weighted by atomic mass is 19.4. The average Bonchev–Trinajstić information content (AvgIpc) is 2.64. The Kier molecular flexibility index (Phi) is 5.20. The molecule has 2 aromatic carbocycles. The van der Waals surface area contributed by atoms with Crippen LogP contribution < -0.4 is 20.1 Å². The molecule has 0 saturated carbocycles. The summed E-state index contributed by atoms with van der Waals surface area (Å²) in [6, 6.07) is 9.72. The first-order valence-corrected chi connectivity index (χ1v) is 7.98. The van der Waals surface area contributed by atoms with Gasteiger partial charge in [0.25, 0.3) is 0 Å². The molecule has 5 nitrogen and oxygen atoms in total. The van der Waals surface area contributed by atoms with E-state index in [2.05, 4.69) is 10.6 Å². The van der Waals surface area contributed by atoms with Crippen molar-refractivity contribution in [3.63, 3.8) is 0 Å². The van der Waals surface area contributed by atoms with Crippen molar-refractivity contribution in [2.24, 2.45) is 0 Å². The molecule has 0 aliphatic carbocycles. The van der Waals surface area contributed by atoms with Crippen molar-refractivity contribution < 1.29 is 27.4 Å². The summed E-state index contributed by atoms with van der Waals surface area (Å²) in [6.45, 7) is 1.23. The minimum Gasteiger partial charge on any atom is -0.486 e. The number of hydrogen-bond donors (Lipinski definition) is 2. The summed E-state index contributed by atoms with van der Waals surface area (Å²) in [7, 11) is 0. The molecule has 0 spiro atoms. The molecule has 0 aromatic heterocycles. The third-order valence-electron chi connectivity index (χ3n) is 3.77. The summed E-state index contributed by atoms with van der Waals surface area (Å²) in [4.78, 5) is 11.9. The van der Waals surface area contributed by atoms with Gasteiger partial charge in [-0.1, -0.05) is 18.2 Å². The maximum absolute atomic E-state index is 12.7. The van der Waals surface area contributed by atoms with Gasteiger partial charge in [-0.25, -0.2) is 4.79 Å². The van der Waals surface area contributed by atoms with Crippen molar-refractivity contribution in [2.45, 2.75) is 19.3 Å². The van der Waals surface area contributed by atoms with E-state index >= 15 is 0 Å². The molecule has 8 heteroatoms. The van der Waals surface area contributed by atoms with Crippen LogP contribution in [0.5, 0.6) is 11.5 Å². The topological polar surface area (TPSA) is 59.6 Å². The summed E-state index contributed by atoms with van der Waals surface area (Å²) < 4.78 is 48.9. The molecular weight excluding hydrogens is 349 g/mol. The number of carbonyl (C=O) groups is 1. The molecule has 0 radical (unpaired) electrons. The zero-order chi connectivity index (χ0) is 18.6. The smallest absolute Gasteiger partial charge is 0.416 e. The Balaban J connectivity index is 1.50. The highest BCUT2D eigenvalue weighted by molar-refractivity contribution is 5.73. The van der Waals surface area contributed by atoms with Crippen LogP contribution in [-0.4, -0.2) is 19.2 Å². The lowest BCUT2D eigenvalue weighted by Crippen LogP contribution is -2.34. The maximum atomic E-state index is 12.7. The van der Waals surface area contributed by atoms with Crippen molar-refractivity contribution in [1.29, 1.82) is 0 Å². The van der Waals surface area contributed by atoms with Crippen LogP contribution in [0.4, 0.5) is 18.0 Å². The molecule has 3 rings (SSSR count). The molecule has 0 atom stereocenters. The normalized spacial score (nSPS) is 13.2. The van der Waals surface area contributed by atoms with Gasteiger partial charge < -0.3 is 20.1 Å². The number of benzene rings is 2. The zero-order valence-electron chi connectivity index (χ0n) is 13.7. The minimum absolute atomic E-state index is 0.00308. The maximum Gasteiger partial charge on any atom is 0.416 e. The predicted octanol–water partition coefficient (Wildman–Crippen LogP) is 3.48. The summed E-state index contributed by atoms with van der Waals surface area (Å²) >= 11 is 0. The molecule has 26 heavy (non-hydrogen) atoms. The monoisotopic (exact) mass is 366 g/mol. The van der Waals surface area contributed by atoms with Crippen LogP contribution in [-0.2, 0) is 19.3 Å². The summed E-state index contributed by atoms with van der Waals surface area (Å²) in [6.07, 6.45) is -4.41. The van der Waals surface area contributed by atoms with E-state index in [1.807, 2.05) is 0 Å². The molecular formula is C18H17F3N2O3. The SMILES string of the molecule is O=C(NCc1cccc(C(F)(F)F)c1)NCc1ccc2c(c1)OCCO2. The summed E-state index contributed by atoms with van der Waals surface area (Å²) in [5.41, 5.74) is 0.450. The van der Waals surface area contributed by atoms with E-state index in [4.69, 9.17) is 9.47 Å².